The first-order valence-electron chi connectivity index (χ1n) is 9.78. The molecule has 1 unspecified atom stereocenters. The van der Waals surface area contributed by atoms with Crippen LogP contribution in [0, 0.1) is 0 Å². The van der Waals surface area contributed by atoms with Gasteiger partial charge in [0.15, 0.2) is 0 Å². The lowest BCUT2D eigenvalue weighted by Crippen LogP contribution is -2.17. The van der Waals surface area contributed by atoms with E-state index >= 15 is 0 Å². The molecule has 0 amide bonds. The Hall–Kier alpha value is -1.74. The molecule has 1 atom stereocenters. The van der Waals surface area contributed by atoms with Crippen LogP contribution in [0.3, 0.4) is 0 Å². The smallest absolute Gasteiger partial charge is 0.130 e. The number of Topliss-reactive ketones (excluding diaryl/α,β-unsaturated/α-hetero) is 1. The molecule has 2 rings (SSSR count). The van der Waals surface area contributed by atoms with Crippen molar-refractivity contribution in [1.29, 1.82) is 0 Å². The van der Waals surface area contributed by atoms with Crippen LogP contribution in [0.15, 0.2) is 47.8 Å². The van der Waals surface area contributed by atoms with Gasteiger partial charge in [0.1, 0.15) is 5.78 Å². The fraction of sp³-hybridized carbons (Fsp3) is 0.565. The molecule has 1 fully saturated rings. The minimum absolute atomic E-state index is 0.276. The molecule has 0 bridgehead atoms. The summed E-state index contributed by atoms with van der Waals surface area (Å²) in [6, 6.07) is 4.79. The Morgan fingerprint density at radius 3 is 2.46 bits per heavy atom. The summed E-state index contributed by atoms with van der Waals surface area (Å²) in [7, 11) is 2.19. The number of hydrogen-bond donors (Lipinski definition) is 0. The summed E-state index contributed by atoms with van der Waals surface area (Å²) >= 11 is 0. The number of ketones is 1. The highest BCUT2D eigenvalue weighted by Crippen LogP contribution is 2.29. The van der Waals surface area contributed by atoms with Gasteiger partial charge in [-0.05, 0) is 85.0 Å². The third-order valence-electron chi connectivity index (χ3n) is 4.67. The first kappa shape index (κ1) is 22.3. The summed E-state index contributed by atoms with van der Waals surface area (Å²) in [5.74, 6) is 0.276. The van der Waals surface area contributed by atoms with Crippen LogP contribution < -0.4 is 0 Å². The molecule has 1 aliphatic rings. The number of hydrogen-bond acceptors (Lipinski definition) is 3. The van der Waals surface area contributed by atoms with Crippen molar-refractivity contribution in [2.45, 2.75) is 72.3 Å². The van der Waals surface area contributed by atoms with Crippen LogP contribution >= 0.6 is 0 Å². The Balaban J connectivity index is 0.000000262. The Morgan fingerprint density at radius 2 is 1.92 bits per heavy atom. The maximum absolute atomic E-state index is 10.7. The summed E-state index contributed by atoms with van der Waals surface area (Å²) in [6.45, 7) is 9.24. The first-order valence-corrected chi connectivity index (χ1v) is 9.78. The van der Waals surface area contributed by atoms with E-state index in [4.69, 9.17) is 0 Å². The van der Waals surface area contributed by atoms with Gasteiger partial charge in [-0.15, -0.1) is 0 Å². The van der Waals surface area contributed by atoms with Crippen LogP contribution in [-0.2, 0) is 4.79 Å². The van der Waals surface area contributed by atoms with Crippen LogP contribution in [-0.4, -0.2) is 29.3 Å². The van der Waals surface area contributed by atoms with Gasteiger partial charge < -0.3 is 4.79 Å². The second-order valence-corrected chi connectivity index (χ2v) is 7.54. The van der Waals surface area contributed by atoms with Gasteiger partial charge in [0, 0.05) is 24.9 Å². The summed E-state index contributed by atoms with van der Waals surface area (Å²) in [5, 5.41) is 0. The van der Waals surface area contributed by atoms with E-state index in [-0.39, 0.29) is 5.78 Å². The first-order chi connectivity index (χ1) is 12.4. The molecule has 3 heteroatoms. The summed E-state index contributed by atoms with van der Waals surface area (Å²) in [5.41, 5.74) is 4.13. The Bertz CT molecular complexity index is 585. The Morgan fingerprint density at radius 1 is 1.19 bits per heavy atom. The zero-order valence-electron chi connectivity index (χ0n) is 17.3. The lowest BCUT2D eigenvalue weighted by molar-refractivity contribution is -0.116. The molecule has 144 valence electrons. The van der Waals surface area contributed by atoms with E-state index in [1.54, 1.807) is 6.92 Å². The van der Waals surface area contributed by atoms with Crippen LogP contribution in [0.5, 0.6) is 0 Å². The lowest BCUT2D eigenvalue weighted by atomic mass is 10.1. The largest absolute Gasteiger partial charge is 0.300 e. The molecule has 0 aromatic carbocycles. The molecule has 1 aromatic rings. The van der Waals surface area contributed by atoms with Crippen molar-refractivity contribution in [2.24, 2.45) is 0 Å². The van der Waals surface area contributed by atoms with Gasteiger partial charge in [0.05, 0.1) is 0 Å². The van der Waals surface area contributed by atoms with Crippen molar-refractivity contribution in [3.8, 4) is 0 Å². The molecule has 26 heavy (non-hydrogen) atoms. The fourth-order valence-electron chi connectivity index (χ4n) is 3.12. The van der Waals surface area contributed by atoms with Crippen LogP contribution in [0.1, 0.15) is 77.8 Å². The average Bonchev–Trinajstić information content (AvgIpc) is 3.01. The van der Waals surface area contributed by atoms with E-state index in [1.807, 2.05) is 18.5 Å². The van der Waals surface area contributed by atoms with Crippen molar-refractivity contribution < 1.29 is 4.79 Å². The zero-order chi connectivity index (χ0) is 19.4. The predicted molar refractivity (Wildman–Crippen MR) is 111 cm³/mol. The summed E-state index contributed by atoms with van der Waals surface area (Å²) in [4.78, 5) is 17.2. The standard InChI is InChI=1S/C13H22O.C10H14N2/c1-11(2)7-5-8-12(3)9-6-10-13(4)14;1-12-7-3-5-10(12)9-4-2-6-11-8-9/h7,9H,5-6,8,10H2,1-4H3;2,4,6,8,10H,3,5,7H2,1H3/b12-9+;. The monoisotopic (exact) mass is 356 g/mol. The van der Waals surface area contributed by atoms with Crippen LogP contribution in [0.25, 0.3) is 0 Å². The van der Waals surface area contributed by atoms with Crippen molar-refractivity contribution in [3.05, 3.63) is 53.4 Å². The second-order valence-electron chi connectivity index (χ2n) is 7.54. The van der Waals surface area contributed by atoms with Crippen molar-refractivity contribution >= 4 is 5.78 Å². The van der Waals surface area contributed by atoms with Gasteiger partial charge in [0.2, 0.25) is 0 Å². The summed E-state index contributed by atoms with van der Waals surface area (Å²) < 4.78 is 0. The van der Waals surface area contributed by atoms with E-state index in [9.17, 15) is 4.79 Å². The van der Waals surface area contributed by atoms with Gasteiger partial charge in [-0.25, -0.2) is 0 Å². The zero-order valence-corrected chi connectivity index (χ0v) is 17.3. The predicted octanol–water partition coefficient (Wildman–Crippen LogP) is 5.90. The molecular weight excluding hydrogens is 320 g/mol. The SMILES string of the molecule is CC(=O)CC/C=C(\C)CCC=C(C)C.CN1CCCC1c1cccnc1. The van der Waals surface area contributed by atoms with Gasteiger partial charge >= 0.3 is 0 Å². The van der Waals surface area contributed by atoms with Crippen LogP contribution in [0.4, 0.5) is 0 Å². The number of allylic oxidation sites excluding steroid dienone is 4. The molecular formula is C23H36N2O. The minimum Gasteiger partial charge on any atom is -0.300 e. The molecule has 1 saturated heterocycles. The highest BCUT2D eigenvalue weighted by molar-refractivity contribution is 5.75. The number of nitrogens with zero attached hydrogens (tertiary/aromatic N) is 2. The van der Waals surface area contributed by atoms with Gasteiger partial charge in [0.25, 0.3) is 0 Å². The number of carbonyl (C=O) groups excluding carboxylic acids is 1. The topological polar surface area (TPSA) is 33.2 Å². The molecule has 1 aliphatic heterocycles. The Kier molecular flexibility index (Phi) is 10.8. The normalized spacial score (nSPS) is 17.4. The van der Waals surface area contributed by atoms with Crippen molar-refractivity contribution in [2.75, 3.05) is 13.6 Å². The van der Waals surface area contributed by atoms with Gasteiger partial charge in [-0.3, -0.25) is 9.88 Å². The third kappa shape index (κ3) is 9.67. The molecule has 0 saturated carbocycles. The maximum Gasteiger partial charge on any atom is 0.130 e. The second kappa shape index (κ2) is 12.6. The molecule has 0 N–H and O–H groups in total. The minimum atomic E-state index is 0.276. The lowest BCUT2D eigenvalue weighted by Gasteiger charge is -2.18. The third-order valence-corrected chi connectivity index (χ3v) is 4.67. The molecule has 0 radical (unpaired) electrons. The molecule has 1 aromatic heterocycles. The number of likely N-dealkylation sites (tertiary alicyclic amines) is 1. The highest BCUT2D eigenvalue weighted by Gasteiger charge is 2.21. The molecule has 0 aliphatic carbocycles. The number of pyridine rings is 1. The van der Waals surface area contributed by atoms with Gasteiger partial charge in [-0.2, -0.15) is 0 Å². The van der Waals surface area contributed by atoms with E-state index in [0.29, 0.717) is 12.5 Å². The molecule has 2 heterocycles. The van der Waals surface area contributed by atoms with Crippen molar-refractivity contribution in [3.63, 3.8) is 0 Å². The van der Waals surface area contributed by atoms with E-state index in [0.717, 1.165) is 19.3 Å². The Labute approximate surface area is 160 Å². The molecule has 3 nitrogen and oxygen atoms in total. The van der Waals surface area contributed by atoms with Gasteiger partial charge in [-0.1, -0.05) is 29.4 Å². The highest BCUT2D eigenvalue weighted by atomic mass is 16.1. The fourth-order valence-corrected chi connectivity index (χ4v) is 3.12. The number of carbonyl (C=O) groups is 1. The quantitative estimate of drug-likeness (QED) is 0.571. The maximum atomic E-state index is 10.7. The summed E-state index contributed by atoms with van der Waals surface area (Å²) in [6.07, 6.45) is 14.6. The number of rotatable bonds is 7. The average molecular weight is 357 g/mol. The van der Waals surface area contributed by atoms with E-state index in [1.165, 1.54) is 36.1 Å². The molecule has 0 spiro atoms. The number of aromatic nitrogens is 1. The van der Waals surface area contributed by atoms with Crippen LogP contribution in [0.2, 0.25) is 0 Å². The van der Waals surface area contributed by atoms with E-state index < -0.39 is 0 Å². The van der Waals surface area contributed by atoms with E-state index in [2.05, 4.69) is 55.9 Å². The van der Waals surface area contributed by atoms with Crippen molar-refractivity contribution in [1.82, 2.24) is 9.88 Å².